The van der Waals surface area contributed by atoms with Crippen molar-refractivity contribution in [2.45, 2.75) is 26.8 Å². The molecule has 0 aromatic rings. The van der Waals surface area contributed by atoms with Crippen molar-refractivity contribution in [2.75, 3.05) is 7.05 Å². The summed E-state index contributed by atoms with van der Waals surface area (Å²) in [5.74, 6) is -0.278. The highest BCUT2D eigenvalue weighted by atomic mass is 16.2. The van der Waals surface area contributed by atoms with Gasteiger partial charge in [0.2, 0.25) is 5.91 Å². The lowest BCUT2D eigenvalue weighted by atomic mass is 10.0. The Kier molecular flexibility index (Phi) is 5.09. The fourth-order valence-corrected chi connectivity index (χ4v) is 1.08. The van der Waals surface area contributed by atoms with Crippen molar-refractivity contribution in [1.82, 2.24) is 10.6 Å². The van der Waals surface area contributed by atoms with Crippen LogP contribution in [-0.2, 0) is 9.59 Å². The summed E-state index contributed by atoms with van der Waals surface area (Å²) < 4.78 is 0. The zero-order chi connectivity index (χ0) is 11.3. The molecule has 0 aromatic heterocycles. The molecule has 0 rings (SSSR count). The minimum absolute atomic E-state index is 0.135. The highest BCUT2D eigenvalue weighted by Gasteiger charge is 2.20. The first-order chi connectivity index (χ1) is 6.40. The topological polar surface area (TPSA) is 58.2 Å². The average Bonchev–Trinajstić information content (AvgIpc) is 2.04. The number of carbonyl (C=O) groups is 2. The van der Waals surface area contributed by atoms with Crippen molar-refractivity contribution in [3.8, 4) is 0 Å². The lowest BCUT2D eigenvalue weighted by Gasteiger charge is -2.19. The quantitative estimate of drug-likeness (QED) is 0.631. The van der Waals surface area contributed by atoms with Gasteiger partial charge in [0.15, 0.2) is 5.78 Å². The van der Waals surface area contributed by atoms with E-state index in [2.05, 4.69) is 17.2 Å². The first kappa shape index (κ1) is 12.8. The number of likely N-dealkylation sites (N-methyl/N-ethyl adjacent to an activating group) is 1. The van der Waals surface area contributed by atoms with Crippen LogP contribution >= 0.6 is 0 Å². The standard InChI is InChI=1S/C10H18N2O2/c1-6(2)9(11-5)10(14)12-7(3)8(4)13/h6,9,11H,3H2,1-2,4-5H3,(H,12,14). The van der Waals surface area contributed by atoms with Gasteiger partial charge in [0.1, 0.15) is 0 Å². The summed E-state index contributed by atoms with van der Waals surface area (Å²) in [6.45, 7) is 8.68. The number of Topliss-reactive ketones (excluding diaryl/α,β-unsaturated/α-hetero) is 1. The molecular weight excluding hydrogens is 180 g/mol. The number of amides is 1. The molecule has 4 heteroatoms. The number of ketones is 1. The van der Waals surface area contributed by atoms with Gasteiger partial charge >= 0.3 is 0 Å². The second kappa shape index (κ2) is 5.54. The summed E-state index contributed by atoms with van der Waals surface area (Å²) >= 11 is 0. The highest BCUT2D eigenvalue weighted by Crippen LogP contribution is 2.01. The molecule has 0 saturated heterocycles. The average molecular weight is 198 g/mol. The Morgan fingerprint density at radius 1 is 1.29 bits per heavy atom. The number of hydrogen-bond acceptors (Lipinski definition) is 3. The summed E-state index contributed by atoms with van der Waals surface area (Å²) in [6, 6.07) is -0.300. The molecule has 2 N–H and O–H groups in total. The molecular formula is C10H18N2O2. The summed E-state index contributed by atoms with van der Waals surface area (Å²) in [4.78, 5) is 22.4. The van der Waals surface area contributed by atoms with Gasteiger partial charge in [-0.05, 0) is 13.0 Å². The van der Waals surface area contributed by atoms with E-state index in [9.17, 15) is 9.59 Å². The zero-order valence-corrected chi connectivity index (χ0v) is 9.18. The van der Waals surface area contributed by atoms with Crippen molar-refractivity contribution in [2.24, 2.45) is 5.92 Å². The highest BCUT2D eigenvalue weighted by molar-refractivity contribution is 5.97. The first-order valence-electron chi connectivity index (χ1n) is 4.58. The van der Waals surface area contributed by atoms with Crippen molar-refractivity contribution in [1.29, 1.82) is 0 Å². The maximum absolute atomic E-state index is 11.5. The van der Waals surface area contributed by atoms with Crippen LogP contribution in [0.3, 0.4) is 0 Å². The van der Waals surface area contributed by atoms with Gasteiger partial charge in [-0.2, -0.15) is 0 Å². The third-order valence-corrected chi connectivity index (χ3v) is 1.96. The van der Waals surface area contributed by atoms with Gasteiger partial charge in [0.25, 0.3) is 0 Å². The molecule has 0 fully saturated rings. The number of allylic oxidation sites excluding steroid dienone is 1. The van der Waals surface area contributed by atoms with Gasteiger partial charge in [0, 0.05) is 6.92 Å². The van der Waals surface area contributed by atoms with Crippen LogP contribution in [-0.4, -0.2) is 24.8 Å². The van der Waals surface area contributed by atoms with Crippen molar-refractivity contribution in [3.63, 3.8) is 0 Å². The molecule has 1 amide bonds. The number of carbonyl (C=O) groups excluding carboxylic acids is 2. The van der Waals surface area contributed by atoms with Crippen LogP contribution in [0.25, 0.3) is 0 Å². The van der Waals surface area contributed by atoms with E-state index in [4.69, 9.17) is 0 Å². The summed E-state index contributed by atoms with van der Waals surface area (Å²) in [5.41, 5.74) is 0.135. The van der Waals surface area contributed by atoms with Crippen molar-refractivity contribution >= 4 is 11.7 Å². The molecule has 80 valence electrons. The predicted molar refractivity (Wildman–Crippen MR) is 55.6 cm³/mol. The Morgan fingerprint density at radius 3 is 2.07 bits per heavy atom. The SMILES string of the molecule is C=C(NC(=O)C(NC)C(C)C)C(C)=O. The van der Waals surface area contributed by atoms with Crippen LogP contribution in [0.5, 0.6) is 0 Å². The molecule has 1 atom stereocenters. The second-order valence-corrected chi connectivity index (χ2v) is 3.53. The molecule has 0 bridgehead atoms. The molecule has 4 nitrogen and oxygen atoms in total. The largest absolute Gasteiger partial charge is 0.322 e. The molecule has 0 aliphatic heterocycles. The molecule has 0 radical (unpaired) electrons. The van der Waals surface area contributed by atoms with E-state index in [1.54, 1.807) is 7.05 Å². The lowest BCUT2D eigenvalue weighted by Crippen LogP contribution is -2.46. The fraction of sp³-hybridized carbons (Fsp3) is 0.600. The van der Waals surface area contributed by atoms with Crippen LogP contribution in [0, 0.1) is 5.92 Å². The third kappa shape index (κ3) is 3.70. The van der Waals surface area contributed by atoms with E-state index in [-0.39, 0.29) is 29.3 Å². The minimum atomic E-state index is -0.300. The van der Waals surface area contributed by atoms with Crippen molar-refractivity contribution in [3.05, 3.63) is 12.3 Å². The number of hydrogen-bond donors (Lipinski definition) is 2. The van der Waals surface area contributed by atoms with Gasteiger partial charge in [-0.25, -0.2) is 0 Å². The monoisotopic (exact) mass is 198 g/mol. The maximum Gasteiger partial charge on any atom is 0.241 e. The predicted octanol–water partition coefficient (Wildman–Crippen LogP) is 0.449. The Bertz CT molecular complexity index is 247. The Balaban J connectivity index is 4.32. The smallest absolute Gasteiger partial charge is 0.241 e. The third-order valence-electron chi connectivity index (χ3n) is 1.96. The van der Waals surface area contributed by atoms with Gasteiger partial charge in [-0.3, -0.25) is 9.59 Å². The van der Waals surface area contributed by atoms with E-state index in [0.29, 0.717) is 0 Å². The molecule has 0 heterocycles. The van der Waals surface area contributed by atoms with Crippen LogP contribution in [0.15, 0.2) is 12.3 Å². The molecule has 0 spiro atoms. The molecule has 1 unspecified atom stereocenters. The minimum Gasteiger partial charge on any atom is -0.322 e. The van der Waals surface area contributed by atoms with Gasteiger partial charge < -0.3 is 10.6 Å². The van der Waals surface area contributed by atoms with Gasteiger partial charge in [-0.1, -0.05) is 20.4 Å². The van der Waals surface area contributed by atoms with Crippen LogP contribution in [0.2, 0.25) is 0 Å². The number of rotatable bonds is 5. The van der Waals surface area contributed by atoms with Crippen molar-refractivity contribution < 1.29 is 9.59 Å². The summed E-state index contributed by atoms with van der Waals surface area (Å²) in [6.07, 6.45) is 0. The Hall–Kier alpha value is -1.16. The normalized spacial score (nSPS) is 12.4. The number of nitrogens with one attached hydrogen (secondary N) is 2. The lowest BCUT2D eigenvalue weighted by molar-refractivity contribution is -0.125. The van der Waals surface area contributed by atoms with E-state index in [1.165, 1.54) is 6.92 Å². The zero-order valence-electron chi connectivity index (χ0n) is 9.18. The molecule has 0 aromatic carbocycles. The van der Waals surface area contributed by atoms with Crippen LogP contribution < -0.4 is 10.6 Å². The fourth-order valence-electron chi connectivity index (χ4n) is 1.08. The molecule has 0 aliphatic rings. The Labute approximate surface area is 84.8 Å². The van der Waals surface area contributed by atoms with E-state index >= 15 is 0 Å². The van der Waals surface area contributed by atoms with E-state index in [1.807, 2.05) is 13.8 Å². The summed E-state index contributed by atoms with van der Waals surface area (Å²) in [5, 5.41) is 5.35. The van der Waals surface area contributed by atoms with E-state index in [0.717, 1.165) is 0 Å². The Morgan fingerprint density at radius 2 is 1.79 bits per heavy atom. The molecule has 14 heavy (non-hydrogen) atoms. The van der Waals surface area contributed by atoms with Crippen LogP contribution in [0.1, 0.15) is 20.8 Å². The van der Waals surface area contributed by atoms with Gasteiger partial charge in [-0.15, -0.1) is 0 Å². The maximum atomic E-state index is 11.5. The van der Waals surface area contributed by atoms with E-state index < -0.39 is 0 Å². The van der Waals surface area contributed by atoms with Gasteiger partial charge in [0.05, 0.1) is 11.7 Å². The second-order valence-electron chi connectivity index (χ2n) is 3.53. The van der Waals surface area contributed by atoms with Crippen LogP contribution in [0.4, 0.5) is 0 Å². The molecule has 0 aliphatic carbocycles. The molecule has 0 saturated carbocycles. The summed E-state index contributed by atoms with van der Waals surface area (Å²) in [7, 11) is 1.71. The first-order valence-corrected chi connectivity index (χ1v) is 4.58.